The summed E-state index contributed by atoms with van der Waals surface area (Å²) in [6, 6.07) is 70.0. The molecule has 312 valence electrons. The lowest BCUT2D eigenvalue weighted by atomic mass is 9.69. The van der Waals surface area contributed by atoms with E-state index in [0.717, 1.165) is 23.5 Å². The van der Waals surface area contributed by atoms with Gasteiger partial charge in [0, 0.05) is 38.9 Å². The summed E-state index contributed by atoms with van der Waals surface area (Å²) < 4.78 is 2.42. The summed E-state index contributed by atoms with van der Waals surface area (Å²) in [5.74, 6) is 0.483. The predicted octanol–water partition coefficient (Wildman–Crippen LogP) is 17.5. The number of hydrogen-bond acceptors (Lipinski definition) is 1. The van der Waals surface area contributed by atoms with Crippen molar-refractivity contribution >= 4 is 38.9 Å². The molecule has 0 saturated carbocycles. The van der Waals surface area contributed by atoms with Crippen LogP contribution in [0.15, 0.2) is 188 Å². The van der Waals surface area contributed by atoms with Gasteiger partial charge in [-0.1, -0.05) is 171 Å². The quantitative estimate of drug-likeness (QED) is 0.148. The minimum atomic E-state index is -0.0799. The Kier molecular flexibility index (Phi) is 9.83. The van der Waals surface area contributed by atoms with E-state index in [1.807, 2.05) is 0 Å². The summed E-state index contributed by atoms with van der Waals surface area (Å²) in [6.07, 6.45) is 1.15. The maximum absolute atomic E-state index is 2.42. The maximum atomic E-state index is 2.42. The molecule has 1 aromatic heterocycles. The van der Waals surface area contributed by atoms with Crippen molar-refractivity contribution in [3.63, 3.8) is 0 Å². The average Bonchev–Trinajstić information content (AvgIpc) is 3.73. The van der Waals surface area contributed by atoms with E-state index in [0.29, 0.717) is 5.92 Å². The summed E-state index contributed by atoms with van der Waals surface area (Å²) >= 11 is 0. The first-order valence-corrected chi connectivity index (χ1v) is 22.7. The van der Waals surface area contributed by atoms with Gasteiger partial charge in [-0.05, 0) is 146 Å². The topological polar surface area (TPSA) is 8.17 Å². The molecule has 9 aromatic rings. The Labute approximate surface area is 374 Å². The van der Waals surface area contributed by atoms with Crippen molar-refractivity contribution in [1.82, 2.24) is 4.57 Å². The van der Waals surface area contributed by atoms with Crippen molar-refractivity contribution in [1.29, 1.82) is 0 Å². The van der Waals surface area contributed by atoms with Gasteiger partial charge in [0.1, 0.15) is 0 Å². The second kappa shape index (κ2) is 15.3. The number of aromatic nitrogens is 1. The van der Waals surface area contributed by atoms with Crippen molar-refractivity contribution in [2.75, 3.05) is 4.90 Å². The van der Waals surface area contributed by atoms with Gasteiger partial charge in [0.2, 0.25) is 0 Å². The molecule has 0 radical (unpaired) electrons. The molecule has 1 aliphatic rings. The summed E-state index contributed by atoms with van der Waals surface area (Å²) in [4.78, 5) is 2.39. The molecule has 63 heavy (non-hydrogen) atoms. The molecule has 1 aliphatic carbocycles. The summed E-state index contributed by atoms with van der Waals surface area (Å²) in [7, 11) is 0. The van der Waals surface area contributed by atoms with E-state index in [9.17, 15) is 0 Å². The normalized spacial score (nSPS) is 13.8. The van der Waals surface area contributed by atoms with E-state index in [2.05, 4.69) is 253 Å². The van der Waals surface area contributed by atoms with Crippen LogP contribution in [0.25, 0.3) is 60.9 Å². The molecule has 10 rings (SSSR count). The van der Waals surface area contributed by atoms with E-state index in [-0.39, 0.29) is 16.2 Å². The average molecular weight is 819 g/mol. The second-order valence-corrected chi connectivity index (χ2v) is 20.6. The van der Waals surface area contributed by atoms with E-state index < -0.39 is 0 Å². The van der Waals surface area contributed by atoms with Crippen LogP contribution in [0, 0.1) is 10.8 Å². The molecule has 0 fully saturated rings. The number of hydrogen-bond donors (Lipinski definition) is 0. The van der Waals surface area contributed by atoms with Crippen LogP contribution in [0.2, 0.25) is 0 Å². The molecular weight excluding hydrogens is 761 g/mol. The fourth-order valence-corrected chi connectivity index (χ4v) is 10.3. The highest BCUT2D eigenvalue weighted by atomic mass is 15.1. The van der Waals surface area contributed by atoms with Crippen LogP contribution in [0.3, 0.4) is 0 Å². The zero-order chi connectivity index (χ0) is 43.7. The van der Waals surface area contributed by atoms with Gasteiger partial charge in [0.15, 0.2) is 0 Å². The Morgan fingerprint density at radius 3 is 1.54 bits per heavy atom. The zero-order valence-corrected chi connectivity index (χ0v) is 38.1. The lowest BCUT2D eigenvalue weighted by Crippen LogP contribution is -2.23. The molecule has 1 atom stereocenters. The van der Waals surface area contributed by atoms with Crippen LogP contribution in [0.5, 0.6) is 0 Å². The molecule has 0 amide bonds. The Morgan fingerprint density at radius 2 is 0.952 bits per heavy atom. The fraction of sp³-hybridized carbons (Fsp3) is 0.213. The molecule has 2 nitrogen and oxygen atoms in total. The van der Waals surface area contributed by atoms with Gasteiger partial charge < -0.3 is 9.47 Å². The number of para-hydroxylation sites is 2. The molecule has 0 aliphatic heterocycles. The van der Waals surface area contributed by atoms with E-state index in [1.165, 1.54) is 77.6 Å². The Bertz CT molecular complexity index is 3100. The largest absolute Gasteiger partial charge is 0.310 e. The number of rotatable bonds is 8. The first-order valence-electron chi connectivity index (χ1n) is 22.7. The smallest absolute Gasteiger partial charge is 0.0541 e. The van der Waals surface area contributed by atoms with E-state index in [4.69, 9.17) is 0 Å². The Hall–Kier alpha value is -6.64. The summed E-state index contributed by atoms with van der Waals surface area (Å²) in [6.45, 7) is 18.9. The highest BCUT2D eigenvalue weighted by molar-refractivity contribution is 6.11. The van der Waals surface area contributed by atoms with Crippen molar-refractivity contribution < 1.29 is 0 Å². The molecule has 0 saturated heterocycles. The molecule has 8 aromatic carbocycles. The van der Waals surface area contributed by atoms with Crippen molar-refractivity contribution in [2.24, 2.45) is 10.8 Å². The summed E-state index contributed by atoms with van der Waals surface area (Å²) in [5.41, 5.74) is 19.1. The van der Waals surface area contributed by atoms with Crippen LogP contribution in [-0.2, 0) is 5.41 Å². The number of anilines is 3. The highest BCUT2D eigenvalue weighted by Gasteiger charge is 2.36. The molecule has 1 unspecified atom stereocenters. The molecule has 0 N–H and O–H groups in total. The molecule has 1 heterocycles. The van der Waals surface area contributed by atoms with Gasteiger partial charge in [-0.15, -0.1) is 0 Å². The van der Waals surface area contributed by atoms with Crippen molar-refractivity contribution in [3.05, 3.63) is 205 Å². The summed E-state index contributed by atoms with van der Waals surface area (Å²) in [5, 5.41) is 2.51. The third-order valence-electron chi connectivity index (χ3n) is 13.6. The van der Waals surface area contributed by atoms with Gasteiger partial charge in [0.05, 0.1) is 11.0 Å². The lowest BCUT2D eigenvalue weighted by molar-refractivity contribution is 0.229. The van der Waals surface area contributed by atoms with E-state index >= 15 is 0 Å². The minimum Gasteiger partial charge on any atom is -0.310 e. The second-order valence-electron chi connectivity index (χ2n) is 20.6. The van der Waals surface area contributed by atoms with Crippen LogP contribution in [-0.4, -0.2) is 4.57 Å². The van der Waals surface area contributed by atoms with Crippen molar-refractivity contribution in [3.8, 4) is 39.1 Å². The lowest BCUT2D eigenvalue weighted by Gasteiger charge is -2.36. The Balaban J connectivity index is 1.04. The van der Waals surface area contributed by atoms with Crippen LogP contribution in [0.4, 0.5) is 17.1 Å². The molecule has 2 heteroatoms. The van der Waals surface area contributed by atoms with Gasteiger partial charge in [-0.3, -0.25) is 0 Å². The van der Waals surface area contributed by atoms with Crippen molar-refractivity contribution in [2.45, 2.75) is 73.1 Å². The third kappa shape index (κ3) is 7.36. The number of nitrogens with zero attached hydrogens (tertiary/aromatic N) is 2. The van der Waals surface area contributed by atoms with Gasteiger partial charge >= 0.3 is 0 Å². The number of fused-ring (bicyclic) bond motifs is 6. The number of benzene rings is 8. The van der Waals surface area contributed by atoms with Crippen LogP contribution < -0.4 is 4.90 Å². The van der Waals surface area contributed by atoms with Gasteiger partial charge in [-0.2, -0.15) is 0 Å². The van der Waals surface area contributed by atoms with Gasteiger partial charge in [-0.25, -0.2) is 0 Å². The first-order chi connectivity index (χ1) is 30.2. The molecular formula is C61H58N2. The minimum absolute atomic E-state index is 0.0799. The third-order valence-corrected chi connectivity index (χ3v) is 13.6. The fourth-order valence-electron chi connectivity index (χ4n) is 10.3. The van der Waals surface area contributed by atoms with Crippen LogP contribution >= 0.6 is 0 Å². The van der Waals surface area contributed by atoms with Crippen LogP contribution in [0.1, 0.15) is 84.4 Å². The predicted molar refractivity (Wildman–Crippen MR) is 270 cm³/mol. The Morgan fingerprint density at radius 1 is 0.460 bits per heavy atom. The molecule has 0 spiro atoms. The SMILES string of the molecule is CC(C)(C)CC(c1ccc(-c2ccc3c(c2)c2cc(-c4ccc(N(c5ccccc5)c5ccc6c(c5)C(C)(C)c5ccccc5-6)cc4)ccc2n3-c2ccccc2)cc1)C(C)(C)C. The maximum Gasteiger partial charge on any atom is 0.0541 e. The zero-order valence-electron chi connectivity index (χ0n) is 38.1. The first kappa shape index (κ1) is 40.4. The van der Waals surface area contributed by atoms with E-state index in [1.54, 1.807) is 0 Å². The van der Waals surface area contributed by atoms with Gasteiger partial charge in [0.25, 0.3) is 0 Å². The molecule has 0 bridgehead atoms. The standard InChI is InChI=1S/C61H58N2/c1-59(2,3)40-56(60(4,5)6)43-25-23-41(24-26-43)44-29-35-57-52(37-44)53-38-45(30-36-58(53)63(57)47-19-13-10-14-20-47)42-27-31-48(32-28-42)62(46-17-11-9-12-18-46)49-33-34-51-50-21-15-16-22-54(50)61(7,8)55(51)39-49/h9-39,56H,40H2,1-8H3. The monoisotopic (exact) mass is 818 g/mol. The highest BCUT2D eigenvalue weighted by Crippen LogP contribution is 2.51.